The first kappa shape index (κ1) is 12.1. The second-order valence-electron chi connectivity index (χ2n) is 3.46. The Morgan fingerprint density at radius 1 is 1.20 bits per heavy atom. The molecule has 0 unspecified atom stereocenters. The fourth-order valence-corrected chi connectivity index (χ4v) is 1.44. The number of nitrogens with one attached hydrogen (secondary N) is 1. The summed E-state index contributed by atoms with van der Waals surface area (Å²) in [5.41, 5.74) is 1.26. The lowest BCUT2D eigenvalue weighted by Crippen LogP contribution is -2.14. The number of hydrogen-bond donors (Lipinski definition) is 1. The highest BCUT2D eigenvalue weighted by Gasteiger charge is 1.92. The Bertz CT molecular complexity index is 310. The van der Waals surface area contributed by atoms with Gasteiger partial charge in [-0.1, -0.05) is 23.7 Å². The molecule has 0 saturated carbocycles. The minimum absolute atomic E-state index is 0.785. The van der Waals surface area contributed by atoms with Gasteiger partial charge in [0.1, 0.15) is 0 Å². The molecule has 0 heterocycles. The van der Waals surface area contributed by atoms with E-state index in [4.69, 9.17) is 18.0 Å². The predicted molar refractivity (Wildman–Crippen MR) is 65.8 cm³/mol. The minimum atomic E-state index is 0.785. The van der Waals surface area contributed by atoms with Gasteiger partial charge in [0.2, 0.25) is 0 Å². The van der Waals surface area contributed by atoms with Crippen molar-refractivity contribution in [3.05, 3.63) is 34.9 Å². The number of halogens is 1. The third-order valence-electron chi connectivity index (χ3n) is 2.17. The maximum atomic E-state index is 5.79. The Kier molecular flexibility index (Phi) is 5.92. The molecule has 0 aliphatic rings. The first-order chi connectivity index (χ1) is 7.33. The molecule has 0 bridgehead atoms. The zero-order chi connectivity index (χ0) is 10.9. The van der Waals surface area contributed by atoms with Crippen LogP contribution in [-0.4, -0.2) is 6.54 Å². The van der Waals surface area contributed by atoms with Gasteiger partial charge in [0, 0.05) is 18.0 Å². The van der Waals surface area contributed by atoms with Crippen LogP contribution in [0, 0.1) is 12.3 Å². The molecule has 1 aromatic carbocycles. The number of rotatable bonds is 6. The van der Waals surface area contributed by atoms with Gasteiger partial charge in [-0.15, -0.1) is 12.3 Å². The van der Waals surface area contributed by atoms with Crippen molar-refractivity contribution >= 4 is 11.6 Å². The van der Waals surface area contributed by atoms with Crippen molar-refractivity contribution in [1.82, 2.24) is 5.32 Å². The summed E-state index contributed by atoms with van der Waals surface area (Å²) in [6, 6.07) is 7.90. The third-order valence-corrected chi connectivity index (χ3v) is 2.42. The molecule has 1 nitrogen and oxygen atoms in total. The molecular formula is C13H16ClN. The molecule has 1 aromatic rings. The monoisotopic (exact) mass is 221 g/mol. The van der Waals surface area contributed by atoms with Crippen LogP contribution in [0.25, 0.3) is 0 Å². The van der Waals surface area contributed by atoms with Crippen molar-refractivity contribution in [3.8, 4) is 12.3 Å². The van der Waals surface area contributed by atoms with E-state index in [1.807, 2.05) is 24.3 Å². The van der Waals surface area contributed by atoms with Crippen LogP contribution in [0.1, 0.15) is 24.8 Å². The average molecular weight is 222 g/mol. The molecule has 0 amide bonds. The van der Waals surface area contributed by atoms with Crippen LogP contribution in [0.5, 0.6) is 0 Å². The van der Waals surface area contributed by atoms with Gasteiger partial charge in [-0.05, 0) is 37.1 Å². The van der Waals surface area contributed by atoms with E-state index in [0.29, 0.717) is 0 Å². The van der Waals surface area contributed by atoms with Crippen molar-refractivity contribution < 1.29 is 0 Å². The molecule has 15 heavy (non-hydrogen) atoms. The summed E-state index contributed by atoms with van der Waals surface area (Å²) in [5.74, 6) is 2.64. The molecule has 2 heteroatoms. The lowest BCUT2D eigenvalue weighted by molar-refractivity contribution is 0.630. The quantitative estimate of drug-likeness (QED) is 0.575. The zero-order valence-electron chi connectivity index (χ0n) is 8.80. The summed E-state index contributed by atoms with van der Waals surface area (Å²) >= 11 is 5.79. The fraction of sp³-hybridized carbons (Fsp3) is 0.385. The van der Waals surface area contributed by atoms with E-state index in [0.717, 1.165) is 37.4 Å². The maximum absolute atomic E-state index is 5.79. The van der Waals surface area contributed by atoms with Crippen molar-refractivity contribution in [1.29, 1.82) is 0 Å². The predicted octanol–water partition coefficient (Wildman–Crippen LogP) is 3.23. The molecule has 0 aromatic heterocycles. The molecule has 1 N–H and O–H groups in total. The summed E-state index contributed by atoms with van der Waals surface area (Å²) in [7, 11) is 0. The van der Waals surface area contributed by atoms with E-state index in [1.165, 1.54) is 5.56 Å². The van der Waals surface area contributed by atoms with Crippen LogP contribution in [0.15, 0.2) is 24.3 Å². The smallest absolute Gasteiger partial charge is 0.0406 e. The van der Waals surface area contributed by atoms with E-state index >= 15 is 0 Å². The maximum Gasteiger partial charge on any atom is 0.0406 e. The van der Waals surface area contributed by atoms with Gasteiger partial charge in [0.25, 0.3) is 0 Å². The van der Waals surface area contributed by atoms with Gasteiger partial charge in [0.05, 0.1) is 0 Å². The number of benzene rings is 1. The third kappa shape index (κ3) is 5.47. The fourth-order valence-electron chi connectivity index (χ4n) is 1.31. The number of hydrogen-bond acceptors (Lipinski definition) is 1. The van der Waals surface area contributed by atoms with Crippen molar-refractivity contribution in [2.24, 2.45) is 0 Å². The first-order valence-electron chi connectivity index (χ1n) is 5.21. The van der Waals surface area contributed by atoms with E-state index in [9.17, 15) is 0 Å². The van der Waals surface area contributed by atoms with E-state index < -0.39 is 0 Å². The normalized spacial score (nSPS) is 9.87. The molecule has 0 spiro atoms. The summed E-state index contributed by atoms with van der Waals surface area (Å²) in [4.78, 5) is 0. The van der Waals surface area contributed by atoms with Gasteiger partial charge < -0.3 is 5.32 Å². The highest BCUT2D eigenvalue weighted by molar-refractivity contribution is 6.30. The van der Waals surface area contributed by atoms with E-state index in [1.54, 1.807) is 0 Å². The molecule has 0 radical (unpaired) electrons. The van der Waals surface area contributed by atoms with E-state index in [-0.39, 0.29) is 0 Å². The Labute approximate surface area is 96.8 Å². The molecule has 0 aliphatic heterocycles. The molecule has 0 fully saturated rings. The SMILES string of the molecule is C#CCCCCNCc1ccc(Cl)cc1. The van der Waals surface area contributed by atoms with Crippen LogP contribution in [0.3, 0.4) is 0 Å². The van der Waals surface area contributed by atoms with Gasteiger partial charge in [-0.25, -0.2) is 0 Å². The highest BCUT2D eigenvalue weighted by Crippen LogP contribution is 2.09. The lowest BCUT2D eigenvalue weighted by Gasteiger charge is -2.04. The topological polar surface area (TPSA) is 12.0 Å². The molecular weight excluding hydrogens is 206 g/mol. The second-order valence-corrected chi connectivity index (χ2v) is 3.90. The van der Waals surface area contributed by atoms with Crippen LogP contribution in [-0.2, 0) is 6.54 Å². The Hall–Kier alpha value is -0.970. The molecule has 0 aliphatic carbocycles. The molecule has 0 saturated heterocycles. The number of unbranched alkanes of at least 4 members (excludes halogenated alkanes) is 2. The number of terminal acetylenes is 1. The highest BCUT2D eigenvalue weighted by atomic mass is 35.5. The second kappa shape index (κ2) is 7.34. The summed E-state index contributed by atoms with van der Waals surface area (Å²) in [5, 5.41) is 4.15. The van der Waals surface area contributed by atoms with Gasteiger partial charge >= 0.3 is 0 Å². The largest absolute Gasteiger partial charge is 0.313 e. The lowest BCUT2D eigenvalue weighted by atomic mass is 10.2. The average Bonchev–Trinajstić information content (AvgIpc) is 2.26. The minimum Gasteiger partial charge on any atom is -0.313 e. The van der Waals surface area contributed by atoms with Crippen LogP contribution in [0.4, 0.5) is 0 Å². The van der Waals surface area contributed by atoms with Gasteiger partial charge in [-0.2, -0.15) is 0 Å². The standard InChI is InChI=1S/C13H16ClN/c1-2-3-4-5-10-15-11-12-6-8-13(14)9-7-12/h1,6-9,15H,3-5,10-11H2. The molecule has 0 atom stereocenters. The summed E-state index contributed by atoms with van der Waals surface area (Å²) in [6.07, 6.45) is 8.28. The van der Waals surface area contributed by atoms with Crippen LogP contribution >= 0.6 is 11.6 Å². The molecule has 80 valence electrons. The van der Waals surface area contributed by atoms with Crippen LogP contribution in [0.2, 0.25) is 5.02 Å². The van der Waals surface area contributed by atoms with Gasteiger partial charge in [-0.3, -0.25) is 0 Å². The van der Waals surface area contributed by atoms with E-state index in [2.05, 4.69) is 11.2 Å². The Morgan fingerprint density at radius 3 is 2.60 bits per heavy atom. The van der Waals surface area contributed by atoms with Crippen molar-refractivity contribution in [2.75, 3.05) is 6.54 Å². The summed E-state index contributed by atoms with van der Waals surface area (Å²) in [6.45, 7) is 1.91. The zero-order valence-corrected chi connectivity index (χ0v) is 9.56. The summed E-state index contributed by atoms with van der Waals surface area (Å²) < 4.78 is 0. The van der Waals surface area contributed by atoms with Crippen molar-refractivity contribution in [2.45, 2.75) is 25.8 Å². The Balaban J connectivity index is 2.10. The molecule has 1 rings (SSSR count). The van der Waals surface area contributed by atoms with Gasteiger partial charge in [0.15, 0.2) is 0 Å². The van der Waals surface area contributed by atoms with Crippen molar-refractivity contribution in [3.63, 3.8) is 0 Å². The van der Waals surface area contributed by atoms with Crippen LogP contribution < -0.4 is 5.32 Å². The Morgan fingerprint density at radius 2 is 1.93 bits per heavy atom. The first-order valence-corrected chi connectivity index (χ1v) is 5.59.